The first-order chi connectivity index (χ1) is 14.2. The molecule has 3 aromatic carbocycles. The van der Waals surface area contributed by atoms with E-state index < -0.39 is 0 Å². The number of para-hydroxylation sites is 1. The Morgan fingerprint density at radius 3 is 2.38 bits per heavy atom. The third-order valence-corrected chi connectivity index (χ3v) is 5.38. The van der Waals surface area contributed by atoms with E-state index in [2.05, 4.69) is 5.10 Å². The number of rotatable bonds is 3. The molecule has 0 saturated carbocycles. The van der Waals surface area contributed by atoms with E-state index in [0.717, 1.165) is 23.2 Å². The zero-order valence-electron chi connectivity index (χ0n) is 15.8. The Morgan fingerprint density at radius 1 is 0.862 bits per heavy atom. The van der Waals surface area contributed by atoms with Crippen LogP contribution in [0.25, 0.3) is 10.8 Å². The van der Waals surface area contributed by atoms with Crippen LogP contribution >= 0.6 is 0 Å². The number of anilines is 1. The van der Waals surface area contributed by atoms with Crippen LogP contribution in [0.5, 0.6) is 0 Å². The number of hydrogen-bond donors (Lipinski definition) is 0. The number of benzene rings is 3. The molecule has 1 aromatic heterocycles. The molecule has 2 heterocycles. The topological polar surface area (TPSA) is 55.2 Å². The third-order valence-electron chi connectivity index (χ3n) is 5.38. The van der Waals surface area contributed by atoms with Gasteiger partial charge in [0, 0.05) is 17.6 Å². The smallest absolute Gasteiger partial charge is 0.279 e. The van der Waals surface area contributed by atoms with E-state index in [1.54, 1.807) is 17.0 Å². The molecule has 29 heavy (non-hydrogen) atoms. The van der Waals surface area contributed by atoms with Crippen molar-refractivity contribution in [3.8, 4) is 0 Å². The Morgan fingerprint density at radius 2 is 1.55 bits per heavy atom. The number of fused-ring (bicyclic) bond motifs is 2. The molecule has 0 fully saturated rings. The van der Waals surface area contributed by atoms with Crippen LogP contribution in [0.1, 0.15) is 21.6 Å². The summed E-state index contributed by atoms with van der Waals surface area (Å²) in [6.45, 7) is 0.938. The van der Waals surface area contributed by atoms with E-state index in [-0.39, 0.29) is 11.5 Å². The van der Waals surface area contributed by atoms with Gasteiger partial charge in [0.25, 0.3) is 11.5 Å². The molecular weight excluding hydrogens is 362 g/mol. The lowest BCUT2D eigenvalue weighted by Gasteiger charge is -2.18. The molecule has 4 aromatic rings. The highest BCUT2D eigenvalue weighted by atomic mass is 16.2. The molecule has 1 amide bonds. The molecule has 5 heteroatoms. The quantitative estimate of drug-likeness (QED) is 0.544. The fourth-order valence-electron chi connectivity index (χ4n) is 3.93. The summed E-state index contributed by atoms with van der Waals surface area (Å²) < 4.78 is 1.40. The van der Waals surface area contributed by atoms with Crippen LogP contribution in [-0.4, -0.2) is 22.2 Å². The van der Waals surface area contributed by atoms with Crippen molar-refractivity contribution in [2.75, 3.05) is 11.4 Å². The van der Waals surface area contributed by atoms with Crippen molar-refractivity contribution in [2.45, 2.75) is 13.0 Å². The second-order valence-corrected chi connectivity index (χ2v) is 7.18. The van der Waals surface area contributed by atoms with Crippen molar-refractivity contribution in [1.29, 1.82) is 0 Å². The van der Waals surface area contributed by atoms with E-state index in [1.165, 1.54) is 4.68 Å². The van der Waals surface area contributed by atoms with Crippen molar-refractivity contribution in [3.63, 3.8) is 0 Å². The fraction of sp³-hybridized carbons (Fsp3) is 0.125. The monoisotopic (exact) mass is 381 g/mol. The number of carbonyl (C=O) groups excluding carboxylic acids is 1. The lowest BCUT2D eigenvalue weighted by molar-refractivity contribution is 0.0984. The maximum Gasteiger partial charge on any atom is 0.279 e. The number of amides is 1. The third kappa shape index (κ3) is 3.01. The van der Waals surface area contributed by atoms with Gasteiger partial charge in [-0.15, -0.1) is 0 Å². The van der Waals surface area contributed by atoms with Gasteiger partial charge in [0.05, 0.1) is 11.9 Å². The SMILES string of the molecule is O=C(c1nn(Cc2ccccc2)c(=O)c2ccccc12)N1CCc2ccccc21. The summed E-state index contributed by atoms with van der Waals surface area (Å²) in [5.41, 5.74) is 3.16. The van der Waals surface area contributed by atoms with Gasteiger partial charge in [0.1, 0.15) is 0 Å². The maximum atomic E-state index is 13.5. The second kappa shape index (κ2) is 7.02. The molecule has 0 unspecified atom stereocenters. The van der Waals surface area contributed by atoms with E-state index in [1.807, 2.05) is 66.7 Å². The minimum absolute atomic E-state index is 0.173. The highest BCUT2D eigenvalue weighted by Crippen LogP contribution is 2.29. The molecule has 0 radical (unpaired) electrons. The molecular formula is C24H19N3O2. The van der Waals surface area contributed by atoms with E-state index in [0.29, 0.717) is 29.6 Å². The number of carbonyl (C=O) groups is 1. The van der Waals surface area contributed by atoms with Gasteiger partial charge in [-0.05, 0) is 29.7 Å². The van der Waals surface area contributed by atoms with Crippen molar-refractivity contribution in [2.24, 2.45) is 0 Å². The van der Waals surface area contributed by atoms with Gasteiger partial charge in [-0.3, -0.25) is 9.59 Å². The summed E-state index contributed by atoms with van der Waals surface area (Å²) >= 11 is 0. The zero-order valence-corrected chi connectivity index (χ0v) is 15.8. The van der Waals surface area contributed by atoms with Crippen molar-refractivity contribution < 1.29 is 4.79 Å². The van der Waals surface area contributed by atoms with E-state index in [9.17, 15) is 9.59 Å². The van der Waals surface area contributed by atoms with Crippen LogP contribution in [0.4, 0.5) is 5.69 Å². The first-order valence-electron chi connectivity index (χ1n) is 9.66. The minimum atomic E-state index is -0.192. The van der Waals surface area contributed by atoms with Crippen molar-refractivity contribution in [3.05, 3.63) is 106 Å². The molecule has 0 saturated heterocycles. The summed E-state index contributed by atoms with van der Waals surface area (Å²) in [7, 11) is 0. The van der Waals surface area contributed by atoms with Crippen LogP contribution in [0.2, 0.25) is 0 Å². The minimum Gasteiger partial charge on any atom is -0.306 e. The summed E-state index contributed by atoms with van der Waals surface area (Å²) in [5.74, 6) is -0.173. The normalized spacial score (nSPS) is 12.9. The van der Waals surface area contributed by atoms with Gasteiger partial charge in [0.15, 0.2) is 5.69 Å². The van der Waals surface area contributed by atoms with E-state index in [4.69, 9.17) is 0 Å². The molecule has 1 aliphatic heterocycles. The Bertz CT molecular complexity index is 1280. The lowest BCUT2D eigenvalue weighted by Crippen LogP contribution is -2.33. The first-order valence-corrected chi connectivity index (χ1v) is 9.66. The lowest BCUT2D eigenvalue weighted by atomic mass is 10.1. The van der Waals surface area contributed by atoms with Crippen LogP contribution in [-0.2, 0) is 13.0 Å². The van der Waals surface area contributed by atoms with Crippen molar-refractivity contribution in [1.82, 2.24) is 9.78 Å². The fourth-order valence-corrected chi connectivity index (χ4v) is 3.93. The molecule has 0 spiro atoms. The highest BCUT2D eigenvalue weighted by Gasteiger charge is 2.28. The predicted octanol–water partition coefficient (Wildman–Crippen LogP) is 3.65. The molecule has 0 bridgehead atoms. The first kappa shape index (κ1) is 17.4. The highest BCUT2D eigenvalue weighted by molar-refractivity contribution is 6.13. The van der Waals surface area contributed by atoms with Crippen molar-refractivity contribution >= 4 is 22.4 Å². The summed E-state index contributed by atoms with van der Waals surface area (Å²) in [6, 6.07) is 24.8. The van der Waals surface area contributed by atoms with Crippen LogP contribution < -0.4 is 10.5 Å². The van der Waals surface area contributed by atoms with Gasteiger partial charge in [-0.1, -0.05) is 66.7 Å². The van der Waals surface area contributed by atoms with E-state index >= 15 is 0 Å². The number of nitrogens with zero attached hydrogens (tertiary/aromatic N) is 3. The Hall–Kier alpha value is -3.73. The molecule has 142 valence electrons. The summed E-state index contributed by atoms with van der Waals surface area (Å²) in [6.07, 6.45) is 0.823. The average Bonchev–Trinajstić information content (AvgIpc) is 3.20. The molecule has 0 aliphatic carbocycles. The van der Waals surface area contributed by atoms with Gasteiger partial charge < -0.3 is 4.90 Å². The Labute approximate surface area is 167 Å². The Balaban J connectivity index is 1.64. The largest absolute Gasteiger partial charge is 0.306 e. The number of hydrogen-bond acceptors (Lipinski definition) is 3. The zero-order chi connectivity index (χ0) is 19.8. The Kier molecular flexibility index (Phi) is 4.21. The van der Waals surface area contributed by atoms with Crippen LogP contribution in [0.3, 0.4) is 0 Å². The van der Waals surface area contributed by atoms with Gasteiger partial charge in [0.2, 0.25) is 0 Å². The molecule has 5 rings (SSSR count). The second-order valence-electron chi connectivity index (χ2n) is 7.18. The molecule has 1 aliphatic rings. The standard InChI is InChI=1S/C24H19N3O2/c28-23-20-12-6-5-11-19(20)22(25-27(23)16-17-8-2-1-3-9-17)24(29)26-15-14-18-10-4-7-13-21(18)26/h1-13H,14-16H2. The maximum absolute atomic E-state index is 13.5. The number of aromatic nitrogens is 2. The van der Waals surface area contributed by atoms with Gasteiger partial charge in [-0.25, -0.2) is 4.68 Å². The van der Waals surface area contributed by atoms with Gasteiger partial charge >= 0.3 is 0 Å². The predicted molar refractivity (Wildman–Crippen MR) is 113 cm³/mol. The van der Waals surface area contributed by atoms with Crippen LogP contribution in [0.15, 0.2) is 83.7 Å². The summed E-state index contributed by atoms with van der Waals surface area (Å²) in [5, 5.41) is 5.63. The molecule has 0 N–H and O–H groups in total. The molecule has 0 atom stereocenters. The van der Waals surface area contributed by atoms with Crippen LogP contribution in [0, 0.1) is 0 Å². The summed E-state index contributed by atoms with van der Waals surface area (Å²) in [4.78, 5) is 28.3. The van der Waals surface area contributed by atoms with Gasteiger partial charge in [-0.2, -0.15) is 5.10 Å². The average molecular weight is 381 g/mol. The molecule has 5 nitrogen and oxygen atoms in total.